The Bertz CT molecular complexity index is 384. The molecule has 0 radical (unpaired) electrons. The molecular weight excluding hydrogens is 293 g/mol. The first-order valence-electron chi connectivity index (χ1n) is 4.96. The highest BCUT2D eigenvalue weighted by Crippen LogP contribution is 2.28. The van der Waals surface area contributed by atoms with Crippen LogP contribution in [0.1, 0.15) is 13.3 Å². The maximum atomic E-state index is 10.5. The quantitative estimate of drug-likeness (QED) is 0.906. The SMILES string of the molecule is CCN(CCC(=O)O)c1ccc(Br)cc1Cl. The molecule has 0 amide bonds. The number of carboxylic acid groups (broad SMARTS) is 1. The maximum absolute atomic E-state index is 10.5. The number of carbonyl (C=O) groups is 1. The Kier molecular flexibility index (Phi) is 5.09. The Balaban J connectivity index is 2.82. The zero-order valence-electron chi connectivity index (χ0n) is 8.91. The number of hydrogen-bond donors (Lipinski definition) is 1. The van der Waals surface area contributed by atoms with Crippen molar-refractivity contribution >= 4 is 39.2 Å². The van der Waals surface area contributed by atoms with Crippen molar-refractivity contribution in [1.82, 2.24) is 0 Å². The van der Waals surface area contributed by atoms with E-state index in [0.29, 0.717) is 11.6 Å². The van der Waals surface area contributed by atoms with Crippen LogP contribution in [-0.4, -0.2) is 24.2 Å². The topological polar surface area (TPSA) is 40.5 Å². The first-order valence-corrected chi connectivity index (χ1v) is 6.13. The summed E-state index contributed by atoms with van der Waals surface area (Å²) in [5, 5.41) is 9.28. The molecule has 0 fully saturated rings. The van der Waals surface area contributed by atoms with Crippen LogP contribution >= 0.6 is 27.5 Å². The average Bonchev–Trinajstić information content (AvgIpc) is 2.21. The molecule has 1 aromatic carbocycles. The summed E-state index contributed by atoms with van der Waals surface area (Å²) in [4.78, 5) is 12.5. The minimum atomic E-state index is -0.799. The van der Waals surface area contributed by atoms with Gasteiger partial charge in [-0.15, -0.1) is 0 Å². The summed E-state index contributed by atoms with van der Waals surface area (Å²) in [5.74, 6) is -0.799. The fourth-order valence-corrected chi connectivity index (χ4v) is 2.21. The Labute approximate surface area is 108 Å². The Morgan fingerprint density at radius 3 is 2.75 bits per heavy atom. The van der Waals surface area contributed by atoms with Gasteiger partial charge in [-0.3, -0.25) is 4.79 Å². The van der Waals surface area contributed by atoms with Crippen LogP contribution in [0.4, 0.5) is 5.69 Å². The molecule has 0 saturated carbocycles. The van der Waals surface area contributed by atoms with Crippen LogP contribution in [0.15, 0.2) is 22.7 Å². The molecule has 0 bridgehead atoms. The molecule has 0 aliphatic rings. The maximum Gasteiger partial charge on any atom is 0.305 e. The van der Waals surface area contributed by atoms with E-state index >= 15 is 0 Å². The van der Waals surface area contributed by atoms with E-state index in [2.05, 4.69) is 15.9 Å². The van der Waals surface area contributed by atoms with Crippen LogP contribution in [-0.2, 0) is 4.79 Å². The summed E-state index contributed by atoms with van der Waals surface area (Å²) in [7, 11) is 0. The molecule has 1 aromatic rings. The van der Waals surface area contributed by atoms with Crippen LogP contribution in [0.5, 0.6) is 0 Å². The van der Waals surface area contributed by atoms with Crippen molar-refractivity contribution in [2.45, 2.75) is 13.3 Å². The highest BCUT2D eigenvalue weighted by atomic mass is 79.9. The molecule has 88 valence electrons. The lowest BCUT2D eigenvalue weighted by Crippen LogP contribution is -2.25. The van der Waals surface area contributed by atoms with Gasteiger partial charge < -0.3 is 10.0 Å². The summed E-state index contributed by atoms with van der Waals surface area (Å²) in [6.07, 6.45) is 0.111. The van der Waals surface area contributed by atoms with E-state index < -0.39 is 5.97 Å². The Morgan fingerprint density at radius 1 is 1.56 bits per heavy atom. The standard InChI is InChI=1S/C11H13BrClNO2/c1-2-14(6-5-11(15)16)10-4-3-8(12)7-9(10)13/h3-4,7H,2,5-6H2,1H3,(H,15,16). The van der Waals surface area contributed by atoms with Gasteiger partial charge >= 0.3 is 5.97 Å². The summed E-state index contributed by atoms with van der Waals surface area (Å²) in [6.45, 7) is 3.17. The largest absolute Gasteiger partial charge is 0.481 e. The van der Waals surface area contributed by atoms with Gasteiger partial charge in [0.15, 0.2) is 0 Å². The van der Waals surface area contributed by atoms with Crippen molar-refractivity contribution in [3.63, 3.8) is 0 Å². The highest BCUT2D eigenvalue weighted by Gasteiger charge is 2.10. The molecular formula is C11H13BrClNO2. The Hall–Kier alpha value is -0.740. The number of benzene rings is 1. The second-order valence-corrected chi connectivity index (χ2v) is 4.64. The number of hydrogen-bond acceptors (Lipinski definition) is 2. The molecule has 0 spiro atoms. The monoisotopic (exact) mass is 305 g/mol. The fourth-order valence-electron chi connectivity index (χ4n) is 1.42. The van der Waals surface area contributed by atoms with Gasteiger partial charge in [0.05, 0.1) is 17.1 Å². The molecule has 0 heterocycles. The zero-order valence-corrected chi connectivity index (χ0v) is 11.3. The molecule has 0 aliphatic heterocycles. The fraction of sp³-hybridized carbons (Fsp3) is 0.364. The third kappa shape index (κ3) is 3.68. The van der Waals surface area contributed by atoms with Crippen molar-refractivity contribution in [3.8, 4) is 0 Å². The molecule has 0 saturated heterocycles. The minimum Gasteiger partial charge on any atom is -0.481 e. The van der Waals surface area contributed by atoms with Crippen molar-refractivity contribution in [1.29, 1.82) is 0 Å². The molecule has 0 atom stereocenters. The van der Waals surface area contributed by atoms with Gasteiger partial charge in [-0.2, -0.15) is 0 Å². The highest BCUT2D eigenvalue weighted by molar-refractivity contribution is 9.10. The lowest BCUT2D eigenvalue weighted by Gasteiger charge is -2.23. The normalized spacial score (nSPS) is 10.2. The third-order valence-corrected chi connectivity index (χ3v) is 3.02. The molecule has 5 heteroatoms. The van der Waals surface area contributed by atoms with Gasteiger partial charge in [-0.25, -0.2) is 0 Å². The van der Waals surface area contributed by atoms with E-state index in [-0.39, 0.29) is 6.42 Å². The average molecular weight is 307 g/mol. The molecule has 1 rings (SSSR count). The molecule has 0 aromatic heterocycles. The summed E-state index contributed by atoms with van der Waals surface area (Å²) in [5.41, 5.74) is 0.869. The molecule has 16 heavy (non-hydrogen) atoms. The first kappa shape index (κ1) is 13.3. The number of nitrogens with zero attached hydrogens (tertiary/aromatic N) is 1. The zero-order chi connectivity index (χ0) is 12.1. The number of rotatable bonds is 5. The van der Waals surface area contributed by atoms with E-state index in [4.69, 9.17) is 16.7 Å². The lowest BCUT2D eigenvalue weighted by atomic mass is 10.2. The molecule has 0 aliphatic carbocycles. The number of aliphatic carboxylic acids is 1. The van der Waals surface area contributed by atoms with Gasteiger partial charge in [-0.1, -0.05) is 27.5 Å². The number of carboxylic acids is 1. The van der Waals surface area contributed by atoms with E-state index in [0.717, 1.165) is 16.7 Å². The van der Waals surface area contributed by atoms with Crippen molar-refractivity contribution in [2.75, 3.05) is 18.0 Å². The lowest BCUT2D eigenvalue weighted by molar-refractivity contribution is -0.136. The van der Waals surface area contributed by atoms with Crippen LogP contribution in [0.25, 0.3) is 0 Å². The van der Waals surface area contributed by atoms with E-state index in [1.54, 1.807) is 6.07 Å². The Morgan fingerprint density at radius 2 is 2.25 bits per heavy atom. The van der Waals surface area contributed by atoms with Crippen molar-refractivity contribution in [2.24, 2.45) is 0 Å². The summed E-state index contributed by atoms with van der Waals surface area (Å²) < 4.78 is 0.913. The van der Waals surface area contributed by atoms with Gasteiger partial charge in [0.1, 0.15) is 0 Å². The predicted molar refractivity (Wildman–Crippen MR) is 69.3 cm³/mol. The smallest absolute Gasteiger partial charge is 0.305 e. The van der Waals surface area contributed by atoms with Crippen LogP contribution in [0, 0.1) is 0 Å². The first-order chi connectivity index (χ1) is 7.54. The van der Waals surface area contributed by atoms with Crippen molar-refractivity contribution < 1.29 is 9.90 Å². The second kappa shape index (κ2) is 6.11. The van der Waals surface area contributed by atoms with Crippen LogP contribution in [0.3, 0.4) is 0 Å². The van der Waals surface area contributed by atoms with Gasteiger partial charge in [-0.05, 0) is 25.1 Å². The summed E-state index contributed by atoms with van der Waals surface area (Å²) >= 11 is 9.43. The van der Waals surface area contributed by atoms with Crippen molar-refractivity contribution in [3.05, 3.63) is 27.7 Å². The third-order valence-electron chi connectivity index (χ3n) is 2.23. The van der Waals surface area contributed by atoms with E-state index in [9.17, 15) is 4.79 Å². The van der Waals surface area contributed by atoms with Crippen LogP contribution < -0.4 is 4.90 Å². The van der Waals surface area contributed by atoms with Crippen LogP contribution in [0.2, 0.25) is 5.02 Å². The van der Waals surface area contributed by atoms with E-state index in [1.165, 1.54) is 0 Å². The predicted octanol–water partition coefficient (Wildman–Crippen LogP) is 3.40. The molecule has 3 nitrogen and oxygen atoms in total. The van der Waals surface area contributed by atoms with E-state index in [1.807, 2.05) is 24.0 Å². The number of anilines is 1. The second-order valence-electron chi connectivity index (χ2n) is 3.32. The minimum absolute atomic E-state index is 0.111. The molecule has 1 N–H and O–H groups in total. The van der Waals surface area contributed by atoms with Gasteiger partial charge in [0.2, 0.25) is 0 Å². The summed E-state index contributed by atoms with van der Waals surface area (Å²) in [6, 6.07) is 5.59. The molecule has 0 unspecified atom stereocenters. The van der Waals surface area contributed by atoms with Gasteiger partial charge in [0.25, 0.3) is 0 Å². The number of halogens is 2. The van der Waals surface area contributed by atoms with Gasteiger partial charge in [0, 0.05) is 17.6 Å².